The third kappa shape index (κ3) is 4.37. The Labute approximate surface area is 166 Å². The van der Waals surface area contributed by atoms with Crippen LogP contribution in [0.15, 0.2) is 6.33 Å². The number of carbonyl (C=O) groups is 1. The van der Waals surface area contributed by atoms with Gasteiger partial charge in [0.15, 0.2) is 0 Å². The summed E-state index contributed by atoms with van der Waals surface area (Å²) >= 11 is 0. The maximum absolute atomic E-state index is 12.9. The van der Waals surface area contributed by atoms with Gasteiger partial charge in [-0.1, -0.05) is 0 Å². The number of hydrogen-bond acceptors (Lipinski definition) is 8. The first kappa shape index (κ1) is 19.4. The summed E-state index contributed by atoms with van der Waals surface area (Å²) in [5.74, 6) is 1.85. The third-order valence-electron chi connectivity index (χ3n) is 5.84. The van der Waals surface area contributed by atoms with E-state index in [4.69, 9.17) is 4.74 Å². The van der Waals surface area contributed by atoms with E-state index in [1.807, 2.05) is 16.8 Å². The van der Waals surface area contributed by atoms with Crippen LogP contribution in [0.1, 0.15) is 18.4 Å². The van der Waals surface area contributed by atoms with Gasteiger partial charge in [0.25, 0.3) is 0 Å². The monoisotopic (exact) mass is 389 g/mol. The molecule has 9 nitrogen and oxygen atoms in total. The number of likely N-dealkylation sites (N-methyl/N-ethyl adjacent to an activating group) is 1. The van der Waals surface area contributed by atoms with Crippen LogP contribution in [0.5, 0.6) is 0 Å². The zero-order valence-corrected chi connectivity index (χ0v) is 16.7. The number of morpholine rings is 1. The lowest BCUT2D eigenvalue weighted by molar-refractivity contribution is -0.132. The number of anilines is 2. The Morgan fingerprint density at radius 2 is 2.14 bits per heavy atom. The van der Waals surface area contributed by atoms with Crippen molar-refractivity contribution < 1.29 is 9.53 Å². The number of nitrogens with one attached hydrogen (secondary N) is 2. The Kier molecular flexibility index (Phi) is 6.23. The number of carbonyl (C=O) groups excluding carboxylic acids is 1. The lowest BCUT2D eigenvalue weighted by atomic mass is 10.0. The van der Waals surface area contributed by atoms with Crippen molar-refractivity contribution in [3.8, 4) is 0 Å². The highest BCUT2D eigenvalue weighted by Crippen LogP contribution is 2.29. The number of piperidine rings is 1. The summed E-state index contributed by atoms with van der Waals surface area (Å²) in [5, 5.41) is 6.92. The highest BCUT2D eigenvalue weighted by molar-refractivity contribution is 5.84. The van der Waals surface area contributed by atoms with Gasteiger partial charge >= 0.3 is 0 Å². The van der Waals surface area contributed by atoms with E-state index < -0.39 is 0 Å². The predicted molar refractivity (Wildman–Crippen MR) is 107 cm³/mol. The average Bonchev–Trinajstić information content (AvgIpc) is 2.86. The van der Waals surface area contributed by atoms with Crippen molar-refractivity contribution in [2.24, 2.45) is 0 Å². The molecule has 154 valence electrons. The second kappa shape index (κ2) is 9.02. The molecule has 0 aromatic carbocycles. The van der Waals surface area contributed by atoms with Crippen LogP contribution in [0, 0.1) is 0 Å². The molecule has 0 aliphatic carbocycles. The normalized spacial score (nSPS) is 24.0. The van der Waals surface area contributed by atoms with Crippen molar-refractivity contribution in [1.82, 2.24) is 25.1 Å². The van der Waals surface area contributed by atoms with Crippen molar-refractivity contribution in [2.45, 2.75) is 25.4 Å². The van der Waals surface area contributed by atoms with Crippen molar-refractivity contribution >= 4 is 17.5 Å². The van der Waals surface area contributed by atoms with Crippen molar-refractivity contribution in [3.05, 3.63) is 11.9 Å². The molecule has 0 saturated carbocycles. The summed E-state index contributed by atoms with van der Waals surface area (Å²) in [6.45, 7) is 8.14. The first-order valence-corrected chi connectivity index (χ1v) is 10.3. The fourth-order valence-electron chi connectivity index (χ4n) is 4.25. The number of rotatable bonds is 5. The maximum atomic E-state index is 12.9. The number of ether oxygens (including phenoxy) is 1. The van der Waals surface area contributed by atoms with Gasteiger partial charge in [0.05, 0.1) is 31.9 Å². The van der Waals surface area contributed by atoms with Crippen LogP contribution < -0.4 is 15.5 Å². The molecule has 4 rings (SSSR count). The summed E-state index contributed by atoms with van der Waals surface area (Å²) < 4.78 is 5.41. The van der Waals surface area contributed by atoms with E-state index in [0.29, 0.717) is 13.1 Å². The fourth-order valence-corrected chi connectivity index (χ4v) is 4.25. The summed E-state index contributed by atoms with van der Waals surface area (Å²) in [5.41, 5.74) is 1.02. The molecule has 3 aliphatic heterocycles. The van der Waals surface area contributed by atoms with Crippen LogP contribution in [0.2, 0.25) is 0 Å². The maximum Gasteiger partial charge on any atom is 0.242 e. The van der Waals surface area contributed by atoms with E-state index in [-0.39, 0.29) is 11.9 Å². The van der Waals surface area contributed by atoms with Gasteiger partial charge in [-0.15, -0.1) is 0 Å². The summed E-state index contributed by atoms with van der Waals surface area (Å²) in [6, 6.07) is 0.238. The number of aromatic nitrogens is 2. The molecule has 1 unspecified atom stereocenters. The third-order valence-corrected chi connectivity index (χ3v) is 5.84. The summed E-state index contributed by atoms with van der Waals surface area (Å²) in [6.07, 6.45) is 3.74. The SMILES string of the molecule is CN1CC(=O)N(C2CCCNC2)Cc2c(NCCN3CCOCC3)ncnc21. The first-order chi connectivity index (χ1) is 13.7. The molecule has 1 aromatic heterocycles. The molecular formula is C19H31N7O2. The van der Waals surface area contributed by atoms with E-state index in [9.17, 15) is 4.79 Å². The van der Waals surface area contributed by atoms with Crippen LogP contribution in [0.4, 0.5) is 11.6 Å². The first-order valence-electron chi connectivity index (χ1n) is 10.3. The van der Waals surface area contributed by atoms with Crippen LogP contribution in [0.25, 0.3) is 0 Å². The number of nitrogens with zero attached hydrogens (tertiary/aromatic N) is 5. The van der Waals surface area contributed by atoms with E-state index in [1.165, 1.54) is 0 Å². The van der Waals surface area contributed by atoms with Gasteiger partial charge in [-0.05, 0) is 19.4 Å². The fraction of sp³-hybridized carbons (Fsp3) is 0.737. The molecule has 2 saturated heterocycles. The van der Waals surface area contributed by atoms with Crippen molar-refractivity contribution in [1.29, 1.82) is 0 Å². The molecular weight excluding hydrogens is 358 g/mol. The van der Waals surface area contributed by atoms with Gasteiger partial charge in [-0.25, -0.2) is 9.97 Å². The quantitative estimate of drug-likeness (QED) is 0.713. The number of fused-ring (bicyclic) bond motifs is 1. The molecule has 1 aromatic rings. The molecule has 28 heavy (non-hydrogen) atoms. The standard InChI is InChI=1S/C19H31N7O2/c1-24-13-17(27)26(15-3-2-4-20-11-15)12-16-18(22-14-23-19(16)24)21-5-6-25-7-9-28-10-8-25/h14-15,20H,2-13H2,1H3,(H,21,22,23). The van der Waals surface area contributed by atoms with Gasteiger partial charge in [0.2, 0.25) is 5.91 Å². The highest BCUT2D eigenvalue weighted by Gasteiger charge is 2.32. The van der Waals surface area contributed by atoms with Crippen LogP contribution in [0.3, 0.4) is 0 Å². The van der Waals surface area contributed by atoms with E-state index in [0.717, 1.165) is 82.5 Å². The molecule has 1 amide bonds. The Morgan fingerprint density at radius 3 is 2.93 bits per heavy atom. The topological polar surface area (TPSA) is 85.9 Å². The number of amides is 1. The van der Waals surface area contributed by atoms with Gasteiger partial charge in [0.1, 0.15) is 18.0 Å². The van der Waals surface area contributed by atoms with Gasteiger partial charge < -0.3 is 25.2 Å². The summed E-state index contributed by atoms with van der Waals surface area (Å²) in [4.78, 5) is 28.3. The minimum atomic E-state index is 0.161. The zero-order valence-electron chi connectivity index (χ0n) is 16.7. The summed E-state index contributed by atoms with van der Waals surface area (Å²) in [7, 11) is 1.93. The predicted octanol–water partition coefficient (Wildman–Crippen LogP) is -0.249. The molecule has 4 heterocycles. The largest absolute Gasteiger partial charge is 0.379 e. The van der Waals surface area contributed by atoms with Gasteiger partial charge in [-0.2, -0.15) is 0 Å². The average molecular weight is 390 g/mol. The minimum absolute atomic E-state index is 0.161. The van der Waals surface area contributed by atoms with Crippen molar-refractivity contribution in [2.75, 3.05) is 76.3 Å². The lowest BCUT2D eigenvalue weighted by Crippen LogP contribution is -2.49. The molecule has 1 atom stereocenters. The van der Waals surface area contributed by atoms with Gasteiger partial charge in [-0.3, -0.25) is 9.69 Å². The Bertz CT molecular complexity index is 674. The molecule has 2 fully saturated rings. The van der Waals surface area contributed by atoms with E-state index in [2.05, 4.69) is 25.5 Å². The van der Waals surface area contributed by atoms with Crippen LogP contribution >= 0.6 is 0 Å². The van der Waals surface area contributed by atoms with Crippen LogP contribution in [-0.2, 0) is 16.1 Å². The molecule has 0 radical (unpaired) electrons. The highest BCUT2D eigenvalue weighted by atomic mass is 16.5. The Balaban J connectivity index is 1.48. The molecule has 0 bridgehead atoms. The lowest BCUT2D eigenvalue weighted by Gasteiger charge is -2.34. The zero-order chi connectivity index (χ0) is 19.3. The second-order valence-electron chi connectivity index (χ2n) is 7.78. The molecule has 2 N–H and O–H groups in total. The Morgan fingerprint density at radius 1 is 1.29 bits per heavy atom. The number of hydrogen-bond donors (Lipinski definition) is 2. The van der Waals surface area contributed by atoms with Gasteiger partial charge in [0, 0.05) is 45.8 Å². The molecule has 3 aliphatic rings. The Hall–Kier alpha value is -1.97. The molecule has 9 heteroatoms. The smallest absolute Gasteiger partial charge is 0.242 e. The van der Waals surface area contributed by atoms with Crippen molar-refractivity contribution in [3.63, 3.8) is 0 Å². The second-order valence-corrected chi connectivity index (χ2v) is 7.78. The molecule has 0 spiro atoms. The van der Waals surface area contributed by atoms with Crippen LogP contribution in [-0.4, -0.2) is 97.8 Å². The minimum Gasteiger partial charge on any atom is -0.379 e. The van der Waals surface area contributed by atoms with E-state index >= 15 is 0 Å². The van der Waals surface area contributed by atoms with E-state index in [1.54, 1.807) is 6.33 Å².